The number of benzene rings is 1. The molecule has 1 aliphatic heterocycles. The van der Waals surface area contributed by atoms with Crippen LogP contribution in [0.25, 0.3) is 0 Å². The van der Waals surface area contributed by atoms with Gasteiger partial charge in [0.15, 0.2) is 0 Å². The molecule has 5 nitrogen and oxygen atoms in total. The van der Waals surface area contributed by atoms with Gasteiger partial charge in [0, 0.05) is 36.6 Å². The highest BCUT2D eigenvalue weighted by molar-refractivity contribution is 7.99. The molecular weight excluding hydrogens is 274 g/mol. The second-order valence-electron chi connectivity index (χ2n) is 5.06. The minimum atomic E-state index is -0.340. The van der Waals surface area contributed by atoms with Gasteiger partial charge < -0.3 is 10.6 Å². The zero-order valence-corrected chi connectivity index (χ0v) is 12.5. The van der Waals surface area contributed by atoms with E-state index in [2.05, 4.69) is 17.6 Å². The lowest BCUT2D eigenvalue weighted by molar-refractivity contribution is -0.384. The van der Waals surface area contributed by atoms with Crippen LogP contribution in [0.1, 0.15) is 19.8 Å². The van der Waals surface area contributed by atoms with E-state index in [1.165, 1.54) is 17.9 Å². The molecule has 1 unspecified atom stereocenters. The number of nitrogens with zero attached hydrogens (tertiary/aromatic N) is 1. The third kappa shape index (κ3) is 4.30. The topological polar surface area (TPSA) is 67.2 Å². The third-order valence-corrected chi connectivity index (χ3v) is 4.56. The molecule has 2 rings (SSSR count). The van der Waals surface area contributed by atoms with Gasteiger partial charge in [0.1, 0.15) is 0 Å². The third-order valence-electron chi connectivity index (χ3n) is 3.33. The molecule has 1 heterocycles. The Morgan fingerprint density at radius 1 is 1.35 bits per heavy atom. The van der Waals surface area contributed by atoms with Crippen LogP contribution >= 0.6 is 11.8 Å². The highest BCUT2D eigenvalue weighted by Gasteiger charge is 2.16. The maximum absolute atomic E-state index is 11.0. The van der Waals surface area contributed by atoms with Crippen molar-refractivity contribution in [2.75, 3.05) is 35.2 Å². The van der Waals surface area contributed by atoms with Gasteiger partial charge in [-0.1, -0.05) is 6.92 Å². The Labute approximate surface area is 123 Å². The molecule has 1 aromatic carbocycles. The number of nitro benzene ring substituents is 1. The molecular formula is C14H21N3O2S. The first-order valence-electron chi connectivity index (χ1n) is 7.04. The predicted octanol–water partition coefficient (Wildman–Crippen LogP) is 3.58. The first-order valence-corrected chi connectivity index (χ1v) is 8.19. The van der Waals surface area contributed by atoms with Crippen LogP contribution in [0.4, 0.5) is 17.1 Å². The predicted molar refractivity (Wildman–Crippen MR) is 85.8 cm³/mol. The summed E-state index contributed by atoms with van der Waals surface area (Å²) >= 11 is 1.98. The van der Waals surface area contributed by atoms with Gasteiger partial charge >= 0.3 is 0 Å². The van der Waals surface area contributed by atoms with Crippen molar-refractivity contribution in [2.45, 2.75) is 19.8 Å². The van der Waals surface area contributed by atoms with Crippen molar-refractivity contribution in [3.63, 3.8) is 0 Å². The Morgan fingerprint density at radius 3 is 2.70 bits per heavy atom. The Kier molecular flexibility index (Phi) is 5.52. The van der Waals surface area contributed by atoms with Crippen LogP contribution < -0.4 is 10.6 Å². The summed E-state index contributed by atoms with van der Waals surface area (Å²) in [5.41, 5.74) is 1.77. The van der Waals surface area contributed by atoms with E-state index in [1.54, 1.807) is 12.1 Å². The molecule has 0 bridgehead atoms. The molecule has 0 aliphatic carbocycles. The van der Waals surface area contributed by atoms with E-state index in [4.69, 9.17) is 0 Å². The molecule has 0 spiro atoms. The molecule has 0 radical (unpaired) electrons. The number of hydrogen-bond donors (Lipinski definition) is 2. The van der Waals surface area contributed by atoms with Gasteiger partial charge in [-0.15, -0.1) is 0 Å². The number of nitrogens with one attached hydrogen (secondary N) is 2. The zero-order valence-electron chi connectivity index (χ0n) is 11.7. The van der Waals surface area contributed by atoms with Crippen LogP contribution in [-0.4, -0.2) is 29.5 Å². The van der Waals surface area contributed by atoms with Crippen molar-refractivity contribution >= 4 is 28.8 Å². The summed E-state index contributed by atoms with van der Waals surface area (Å²) in [6.07, 6.45) is 2.22. The van der Waals surface area contributed by atoms with Gasteiger partial charge in [0.2, 0.25) is 0 Å². The average molecular weight is 295 g/mol. The maximum atomic E-state index is 11.0. The van der Waals surface area contributed by atoms with E-state index < -0.39 is 0 Å². The van der Waals surface area contributed by atoms with E-state index in [0.29, 0.717) is 5.92 Å². The van der Waals surface area contributed by atoms with E-state index in [-0.39, 0.29) is 10.6 Å². The zero-order chi connectivity index (χ0) is 14.4. The quantitative estimate of drug-likeness (QED) is 0.594. The molecule has 1 fully saturated rings. The van der Waals surface area contributed by atoms with Crippen LogP contribution in [0.3, 0.4) is 0 Å². The lowest BCUT2D eigenvalue weighted by Crippen LogP contribution is -2.13. The molecule has 1 saturated heterocycles. The molecule has 110 valence electrons. The number of non-ortho nitro benzene ring substituents is 1. The summed E-state index contributed by atoms with van der Waals surface area (Å²) in [5.74, 6) is 3.08. The number of thioether (sulfide) groups is 1. The summed E-state index contributed by atoms with van der Waals surface area (Å²) < 4.78 is 0. The summed E-state index contributed by atoms with van der Waals surface area (Å²) in [4.78, 5) is 10.6. The van der Waals surface area contributed by atoms with E-state index in [0.717, 1.165) is 30.9 Å². The smallest absolute Gasteiger partial charge is 0.273 e. The van der Waals surface area contributed by atoms with Gasteiger partial charge in [-0.3, -0.25) is 10.1 Å². The minimum absolute atomic E-state index is 0.134. The van der Waals surface area contributed by atoms with Crippen molar-refractivity contribution in [2.24, 2.45) is 5.92 Å². The molecule has 0 aromatic heterocycles. The SMILES string of the molecule is CCCNc1cc(NCC2CCSC2)cc([N+](=O)[O-])c1. The second kappa shape index (κ2) is 7.38. The lowest BCUT2D eigenvalue weighted by atomic mass is 10.1. The standard InChI is InChI=1S/C14H21N3O2S/c1-2-4-15-12-6-13(8-14(7-12)17(18)19)16-9-11-3-5-20-10-11/h6-8,11,15-16H,2-5,9-10H2,1H3. The van der Waals surface area contributed by atoms with Crippen molar-refractivity contribution in [3.05, 3.63) is 28.3 Å². The largest absolute Gasteiger partial charge is 0.385 e. The molecule has 1 aromatic rings. The van der Waals surface area contributed by atoms with Gasteiger partial charge in [0.25, 0.3) is 5.69 Å². The number of anilines is 2. The summed E-state index contributed by atoms with van der Waals surface area (Å²) in [7, 11) is 0. The fraction of sp³-hybridized carbons (Fsp3) is 0.571. The first-order chi connectivity index (χ1) is 9.69. The second-order valence-corrected chi connectivity index (χ2v) is 6.21. The molecule has 0 saturated carbocycles. The number of rotatable bonds is 7. The average Bonchev–Trinajstić information content (AvgIpc) is 2.96. The van der Waals surface area contributed by atoms with Crippen LogP contribution in [0, 0.1) is 16.0 Å². The van der Waals surface area contributed by atoms with Gasteiger partial charge in [-0.25, -0.2) is 0 Å². The molecule has 6 heteroatoms. The first kappa shape index (κ1) is 15.0. The Hall–Kier alpha value is -1.43. The molecule has 2 N–H and O–H groups in total. The van der Waals surface area contributed by atoms with Gasteiger partial charge in [-0.2, -0.15) is 11.8 Å². The summed E-state index contributed by atoms with van der Waals surface area (Å²) in [6.45, 7) is 3.78. The monoisotopic (exact) mass is 295 g/mol. The maximum Gasteiger partial charge on any atom is 0.273 e. The summed E-state index contributed by atoms with van der Waals surface area (Å²) in [6, 6.07) is 5.15. The Balaban J connectivity index is 2.04. The van der Waals surface area contributed by atoms with E-state index in [1.807, 2.05) is 17.8 Å². The van der Waals surface area contributed by atoms with Crippen molar-refractivity contribution < 1.29 is 4.92 Å². The highest BCUT2D eigenvalue weighted by atomic mass is 32.2. The van der Waals surface area contributed by atoms with Gasteiger partial charge in [0.05, 0.1) is 4.92 Å². The normalized spacial score (nSPS) is 17.9. The fourth-order valence-electron chi connectivity index (χ4n) is 2.20. The fourth-order valence-corrected chi connectivity index (χ4v) is 3.48. The summed E-state index contributed by atoms with van der Waals surface area (Å²) in [5, 5.41) is 17.5. The van der Waals surface area contributed by atoms with Crippen LogP contribution in [-0.2, 0) is 0 Å². The number of hydrogen-bond acceptors (Lipinski definition) is 5. The van der Waals surface area contributed by atoms with Crippen LogP contribution in [0.15, 0.2) is 18.2 Å². The van der Waals surface area contributed by atoms with Crippen molar-refractivity contribution in [1.29, 1.82) is 0 Å². The molecule has 1 aliphatic rings. The Bertz CT molecular complexity index is 462. The molecule has 1 atom stereocenters. The van der Waals surface area contributed by atoms with Crippen LogP contribution in [0.2, 0.25) is 0 Å². The number of nitro groups is 1. The van der Waals surface area contributed by atoms with Crippen molar-refractivity contribution in [3.8, 4) is 0 Å². The van der Waals surface area contributed by atoms with Crippen LogP contribution in [0.5, 0.6) is 0 Å². The Morgan fingerprint density at radius 2 is 2.10 bits per heavy atom. The van der Waals surface area contributed by atoms with E-state index >= 15 is 0 Å². The van der Waals surface area contributed by atoms with Gasteiger partial charge in [-0.05, 0) is 36.3 Å². The van der Waals surface area contributed by atoms with E-state index in [9.17, 15) is 10.1 Å². The minimum Gasteiger partial charge on any atom is -0.385 e. The molecule has 20 heavy (non-hydrogen) atoms. The lowest BCUT2D eigenvalue weighted by Gasteiger charge is -2.13. The van der Waals surface area contributed by atoms with Crippen molar-refractivity contribution in [1.82, 2.24) is 0 Å². The molecule has 0 amide bonds. The highest BCUT2D eigenvalue weighted by Crippen LogP contribution is 2.27.